The van der Waals surface area contributed by atoms with Gasteiger partial charge in [0.2, 0.25) is 0 Å². The topological polar surface area (TPSA) is 26.0 Å². The summed E-state index contributed by atoms with van der Waals surface area (Å²) in [6.45, 7) is 4.20. The first-order valence-electron chi connectivity index (χ1n) is 6.89. The van der Waals surface area contributed by atoms with Gasteiger partial charge in [-0.15, -0.1) is 0 Å². The lowest BCUT2D eigenvalue weighted by Crippen LogP contribution is -2.16. The largest absolute Gasteiger partial charge is 0.320 e. The van der Waals surface area contributed by atoms with Gasteiger partial charge in [-0.3, -0.25) is 0 Å². The Morgan fingerprint density at radius 2 is 1.90 bits per heavy atom. The van der Waals surface area contributed by atoms with Crippen LogP contribution in [0.1, 0.15) is 42.1 Å². The molecular formula is C17H19BrFN. The molecule has 0 spiro atoms. The quantitative estimate of drug-likeness (QED) is 0.856. The molecule has 0 aliphatic rings. The Balaban J connectivity index is 2.55. The number of nitrogens with two attached hydrogens (primary N) is 1. The molecule has 0 aliphatic carbocycles. The summed E-state index contributed by atoms with van der Waals surface area (Å²) in [5.41, 5.74) is 10.3. The van der Waals surface area contributed by atoms with Crippen LogP contribution in [0.3, 0.4) is 0 Å². The number of benzene rings is 2. The van der Waals surface area contributed by atoms with E-state index in [4.69, 9.17) is 5.73 Å². The van der Waals surface area contributed by atoms with Crippen molar-refractivity contribution in [3.05, 3.63) is 68.9 Å². The Labute approximate surface area is 128 Å². The minimum Gasteiger partial charge on any atom is -0.320 e. The fourth-order valence-corrected chi connectivity index (χ4v) is 3.03. The minimum absolute atomic E-state index is 0.268. The molecule has 0 aliphatic heterocycles. The Kier molecular flexibility index (Phi) is 4.95. The van der Waals surface area contributed by atoms with Gasteiger partial charge in [0.05, 0.1) is 6.04 Å². The van der Waals surface area contributed by atoms with E-state index in [0.29, 0.717) is 10.0 Å². The molecule has 1 unspecified atom stereocenters. The number of hydrogen-bond acceptors (Lipinski definition) is 1. The summed E-state index contributed by atoms with van der Waals surface area (Å²) in [6.07, 6.45) is 1.83. The van der Waals surface area contributed by atoms with Gasteiger partial charge in [0, 0.05) is 10.0 Å². The van der Waals surface area contributed by atoms with Crippen molar-refractivity contribution in [2.24, 2.45) is 5.73 Å². The number of aryl methyl sites for hydroxylation is 2. The van der Waals surface area contributed by atoms with E-state index in [-0.39, 0.29) is 5.82 Å². The molecule has 20 heavy (non-hydrogen) atoms. The molecule has 3 heteroatoms. The van der Waals surface area contributed by atoms with Gasteiger partial charge in [-0.2, -0.15) is 0 Å². The van der Waals surface area contributed by atoms with Crippen molar-refractivity contribution in [1.82, 2.24) is 0 Å². The minimum atomic E-state index is -0.452. The number of rotatable bonds is 4. The molecular weight excluding hydrogens is 317 g/mol. The Morgan fingerprint density at radius 3 is 2.50 bits per heavy atom. The molecule has 1 nitrogen and oxygen atoms in total. The standard InChI is InChI=1S/C17H19BrFN/c1-3-11-8-9-12(4-2)13(10-11)17(20)16-14(18)6-5-7-15(16)19/h5-10,17H,3-4,20H2,1-2H3. The van der Waals surface area contributed by atoms with E-state index >= 15 is 0 Å². The van der Waals surface area contributed by atoms with Crippen LogP contribution < -0.4 is 5.73 Å². The van der Waals surface area contributed by atoms with Crippen LogP contribution in [-0.4, -0.2) is 0 Å². The Hall–Kier alpha value is -1.19. The third-order valence-corrected chi connectivity index (χ3v) is 4.34. The van der Waals surface area contributed by atoms with Crippen molar-refractivity contribution in [3.8, 4) is 0 Å². The highest BCUT2D eigenvalue weighted by Gasteiger charge is 2.19. The Morgan fingerprint density at radius 1 is 1.15 bits per heavy atom. The van der Waals surface area contributed by atoms with Crippen molar-refractivity contribution >= 4 is 15.9 Å². The van der Waals surface area contributed by atoms with Crippen LogP contribution in [0.4, 0.5) is 4.39 Å². The van der Waals surface area contributed by atoms with Crippen molar-refractivity contribution in [2.45, 2.75) is 32.7 Å². The summed E-state index contributed by atoms with van der Waals surface area (Å²) >= 11 is 3.41. The summed E-state index contributed by atoms with van der Waals surface area (Å²) in [4.78, 5) is 0. The van der Waals surface area contributed by atoms with Gasteiger partial charge in [-0.1, -0.05) is 54.0 Å². The van der Waals surface area contributed by atoms with Crippen LogP contribution in [0, 0.1) is 5.82 Å². The fraction of sp³-hybridized carbons (Fsp3) is 0.294. The first-order chi connectivity index (χ1) is 9.58. The van der Waals surface area contributed by atoms with Gasteiger partial charge < -0.3 is 5.73 Å². The maximum atomic E-state index is 14.1. The molecule has 0 fully saturated rings. The van der Waals surface area contributed by atoms with E-state index in [1.165, 1.54) is 17.2 Å². The zero-order chi connectivity index (χ0) is 14.7. The first-order valence-corrected chi connectivity index (χ1v) is 7.69. The van der Waals surface area contributed by atoms with E-state index in [1.807, 2.05) is 6.07 Å². The molecule has 0 bridgehead atoms. The molecule has 2 aromatic carbocycles. The lowest BCUT2D eigenvalue weighted by atomic mass is 9.91. The highest BCUT2D eigenvalue weighted by molar-refractivity contribution is 9.10. The molecule has 2 rings (SSSR count). The summed E-state index contributed by atoms with van der Waals surface area (Å²) in [6, 6.07) is 10.8. The molecule has 0 saturated carbocycles. The van der Waals surface area contributed by atoms with E-state index in [9.17, 15) is 4.39 Å². The van der Waals surface area contributed by atoms with Gasteiger partial charge in [0.25, 0.3) is 0 Å². The van der Waals surface area contributed by atoms with Gasteiger partial charge >= 0.3 is 0 Å². The summed E-state index contributed by atoms with van der Waals surface area (Å²) in [5, 5.41) is 0. The number of hydrogen-bond donors (Lipinski definition) is 1. The van der Waals surface area contributed by atoms with Crippen molar-refractivity contribution in [2.75, 3.05) is 0 Å². The van der Waals surface area contributed by atoms with Gasteiger partial charge in [-0.25, -0.2) is 4.39 Å². The predicted molar refractivity (Wildman–Crippen MR) is 85.3 cm³/mol. The van der Waals surface area contributed by atoms with E-state index < -0.39 is 6.04 Å². The summed E-state index contributed by atoms with van der Waals surface area (Å²) in [7, 11) is 0. The first kappa shape index (κ1) is 15.2. The van der Waals surface area contributed by atoms with Crippen LogP contribution in [0.5, 0.6) is 0 Å². The van der Waals surface area contributed by atoms with E-state index in [1.54, 1.807) is 6.07 Å². The summed E-state index contributed by atoms with van der Waals surface area (Å²) < 4.78 is 14.8. The second-order valence-corrected chi connectivity index (χ2v) is 5.71. The normalized spacial score (nSPS) is 12.4. The lowest BCUT2D eigenvalue weighted by Gasteiger charge is -2.19. The second kappa shape index (κ2) is 6.51. The summed E-state index contributed by atoms with van der Waals surface area (Å²) in [5.74, 6) is -0.268. The molecule has 0 radical (unpaired) electrons. The lowest BCUT2D eigenvalue weighted by molar-refractivity contribution is 0.597. The highest BCUT2D eigenvalue weighted by Crippen LogP contribution is 2.31. The van der Waals surface area contributed by atoms with Gasteiger partial charge in [0.1, 0.15) is 5.82 Å². The maximum Gasteiger partial charge on any atom is 0.129 e. The third-order valence-electron chi connectivity index (χ3n) is 3.65. The molecule has 2 N–H and O–H groups in total. The van der Waals surface area contributed by atoms with Crippen LogP contribution >= 0.6 is 15.9 Å². The average molecular weight is 336 g/mol. The maximum absolute atomic E-state index is 14.1. The van der Waals surface area contributed by atoms with Crippen LogP contribution in [0.25, 0.3) is 0 Å². The van der Waals surface area contributed by atoms with Crippen LogP contribution in [0.15, 0.2) is 40.9 Å². The molecule has 0 heterocycles. The van der Waals surface area contributed by atoms with Crippen LogP contribution in [0.2, 0.25) is 0 Å². The molecule has 0 aromatic heterocycles. The third kappa shape index (κ3) is 2.94. The molecule has 2 aromatic rings. The van der Waals surface area contributed by atoms with Crippen molar-refractivity contribution in [3.63, 3.8) is 0 Å². The van der Waals surface area contributed by atoms with Gasteiger partial charge in [-0.05, 0) is 41.7 Å². The molecule has 0 saturated heterocycles. The fourth-order valence-electron chi connectivity index (χ4n) is 2.44. The predicted octanol–water partition coefficient (Wildman–Crippen LogP) is 4.76. The zero-order valence-corrected chi connectivity index (χ0v) is 13.4. The van der Waals surface area contributed by atoms with Crippen molar-refractivity contribution < 1.29 is 4.39 Å². The van der Waals surface area contributed by atoms with E-state index in [2.05, 4.69) is 48.0 Å². The van der Waals surface area contributed by atoms with Crippen LogP contribution in [-0.2, 0) is 12.8 Å². The molecule has 1 atom stereocenters. The van der Waals surface area contributed by atoms with Gasteiger partial charge in [0.15, 0.2) is 0 Å². The smallest absolute Gasteiger partial charge is 0.129 e. The number of halogens is 2. The highest BCUT2D eigenvalue weighted by atomic mass is 79.9. The average Bonchev–Trinajstić information content (AvgIpc) is 2.46. The monoisotopic (exact) mass is 335 g/mol. The zero-order valence-electron chi connectivity index (χ0n) is 11.8. The second-order valence-electron chi connectivity index (χ2n) is 4.85. The Bertz CT molecular complexity index is 590. The SMILES string of the molecule is CCc1ccc(CC)c(C(N)c2c(F)cccc2Br)c1. The van der Waals surface area contributed by atoms with E-state index in [0.717, 1.165) is 18.4 Å². The molecule has 0 amide bonds. The van der Waals surface area contributed by atoms with Crippen molar-refractivity contribution in [1.29, 1.82) is 0 Å². The molecule has 106 valence electrons.